The van der Waals surface area contributed by atoms with E-state index in [1.54, 1.807) is 7.11 Å². The van der Waals surface area contributed by atoms with Crippen LogP contribution in [0, 0.1) is 18.6 Å². The van der Waals surface area contributed by atoms with Gasteiger partial charge in [0.25, 0.3) is 0 Å². The van der Waals surface area contributed by atoms with Crippen LogP contribution in [0.4, 0.5) is 0 Å². The lowest BCUT2D eigenvalue weighted by atomic mass is 10.1. The van der Waals surface area contributed by atoms with Crippen molar-refractivity contribution in [2.45, 2.75) is 27.1 Å². The van der Waals surface area contributed by atoms with Crippen molar-refractivity contribution in [2.24, 2.45) is 7.05 Å². The summed E-state index contributed by atoms with van der Waals surface area (Å²) in [4.78, 5) is 2.17. The zero-order valence-electron chi connectivity index (χ0n) is 13.3. The first-order chi connectivity index (χ1) is 9.92. The summed E-state index contributed by atoms with van der Waals surface area (Å²) in [6, 6.07) is 6.22. The minimum absolute atomic E-state index is 0.650. The van der Waals surface area contributed by atoms with Gasteiger partial charge in [-0.25, -0.2) is 4.68 Å². The second kappa shape index (κ2) is 6.41. The number of benzene rings is 1. The van der Waals surface area contributed by atoms with E-state index in [-0.39, 0.29) is 0 Å². The maximum atomic E-state index is 5.42. The Morgan fingerprint density at radius 2 is 2.05 bits per heavy atom. The molecule has 1 aromatic carbocycles. The van der Waals surface area contributed by atoms with Crippen LogP contribution in [0.2, 0.25) is 0 Å². The molecule has 0 N–H and O–H groups in total. The molecular formula is C15H22N4OS. The molecule has 2 aromatic rings. The highest BCUT2D eigenvalue weighted by atomic mass is 32.1. The van der Waals surface area contributed by atoms with Crippen LogP contribution in [0.15, 0.2) is 18.2 Å². The first-order valence-electron chi connectivity index (χ1n) is 6.85. The summed E-state index contributed by atoms with van der Waals surface area (Å²) >= 11 is 5.38. The van der Waals surface area contributed by atoms with Gasteiger partial charge in [0, 0.05) is 19.2 Å². The molecule has 0 unspecified atom stereocenters. The Bertz CT molecular complexity index is 689. The lowest BCUT2D eigenvalue weighted by Crippen LogP contribution is -2.23. The van der Waals surface area contributed by atoms with Crippen LogP contribution in [0.3, 0.4) is 0 Å². The molecule has 0 aliphatic heterocycles. The topological polar surface area (TPSA) is 35.2 Å². The zero-order valence-corrected chi connectivity index (χ0v) is 14.1. The second-order valence-electron chi connectivity index (χ2n) is 5.36. The van der Waals surface area contributed by atoms with Gasteiger partial charge >= 0.3 is 0 Å². The summed E-state index contributed by atoms with van der Waals surface area (Å²) in [6.45, 7) is 5.47. The highest BCUT2D eigenvalue weighted by molar-refractivity contribution is 7.71. The lowest BCUT2D eigenvalue weighted by molar-refractivity contribution is 0.240. The Kier molecular flexibility index (Phi) is 4.80. The number of methoxy groups -OCH3 is 1. The second-order valence-corrected chi connectivity index (χ2v) is 5.72. The van der Waals surface area contributed by atoms with Gasteiger partial charge in [0.2, 0.25) is 0 Å². The molecule has 0 bridgehead atoms. The van der Waals surface area contributed by atoms with Crippen LogP contribution in [0.1, 0.15) is 17.0 Å². The van der Waals surface area contributed by atoms with Gasteiger partial charge in [-0.1, -0.05) is 17.7 Å². The van der Waals surface area contributed by atoms with Gasteiger partial charge in [0.1, 0.15) is 11.6 Å². The summed E-state index contributed by atoms with van der Waals surface area (Å²) in [5, 5.41) is 4.45. The summed E-state index contributed by atoms with van der Waals surface area (Å²) in [5.74, 6) is 1.83. The third-order valence-electron chi connectivity index (χ3n) is 3.51. The number of aryl methyl sites for hydroxylation is 2. The van der Waals surface area contributed by atoms with Crippen LogP contribution >= 0.6 is 12.2 Å². The Hall–Kier alpha value is -1.66. The predicted molar refractivity (Wildman–Crippen MR) is 86.0 cm³/mol. The molecule has 1 heterocycles. The quantitative estimate of drug-likeness (QED) is 0.796. The number of hydrogen-bond donors (Lipinski definition) is 0. The van der Waals surface area contributed by atoms with Gasteiger partial charge in [0.05, 0.1) is 13.8 Å². The highest BCUT2D eigenvalue weighted by Crippen LogP contribution is 2.21. The molecule has 0 radical (unpaired) electrons. The van der Waals surface area contributed by atoms with E-state index in [0.29, 0.717) is 6.67 Å². The lowest BCUT2D eigenvalue weighted by Gasteiger charge is -2.18. The van der Waals surface area contributed by atoms with E-state index in [2.05, 4.69) is 29.1 Å². The zero-order chi connectivity index (χ0) is 15.6. The number of rotatable bonds is 5. The van der Waals surface area contributed by atoms with Crippen molar-refractivity contribution in [2.75, 3.05) is 14.2 Å². The molecule has 0 aliphatic rings. The predicted octanol–water partition coefficient (Wildman–Crippen LogP) is 2.67. The molecular weight excluding hydrogens is 284 g/mol. The van der Waals surface area contributed by atoms with Gasteiger partial charge in [-0.05, 0) is 39.2 Å². The first-order valence-corrected chi connectivity index (χ1v) is 7.25. The van der Waals surface area contributed by atoms with E-state index in [4.69, 9.17) is 17.0 Å². The van der Waals surface area contributed by atoms with Crippen LogP contribution < -0.4 is 4.74 Å². The van der Waals surface area contributed by atoms with Crippen LogP contribution in [0.5, 0.6) is 5.75 Å². The van der Waals surface area contributed by atoms with Crippen LogP contribution in [-0.4, -0.2) is 33.4 Å². The molecule has 0 saturated heterocycles. The molecule has 0 spiro atoms. The van der Waals surface area contributed by atoms with Crippen molar-refractivity contribution in [1.82, 2.24) is 19.2 Å². The molecule has 0 atom stereocenters. The molecule has 0 fully saturated rings. The Morgan fingerprint density at radius 3 is 2.62 bits per heavy atom. The average molecular weight is 306 g/mol. The summed E-state index contributed by atoms with van der Waals surface area (Å²) in [5.41, 5.74) is 2.39. The highest BCUT2D eigenvalue weighted by Gasteiger charge is 2.09. The van der Waals surface area contributed by atoms with Crippen LogP contribution in [0.25, 0.3) is 0 Å². The van der Waals surface area contributed by atoms with E-state index in [1.165, 1.54) is 11.1 Å². The van der Waals surface area contributed by atoms with Crippen molar-refractivity contribution in [3.05, 3.63) is 39.9 Å². The van der Waals surface area contributed by atoms with E-state index < -0.39 is 0 Å². The van der Waals surface area contributed by atoms with Gasteiger partial charge in [-0.15, -0.1) is 0 Å². The molecule has 21 heavy (non-hydrogen) atoms. The minimum atomic E-state index is 0.650. The van der Waals surface area contributed by atoms with Crippen LogP contribution in [-0.2, 0) is 20.3 Å². The third-order valence-corrected chi connectivity index (χ3v) is 3.99. The van der Waals surface area contributed by atoms with Crippen molar-refractivity contribution < 1.29 is 4.74 Å². The Labute approximate surface area is 130 Å². The molecule has 2 rings (SSSR count). The summed E-state index contributed by atoms with van der Waals surface area (Å²) in [7, 11) is 5.69. The van der Waals surface area contributed by atoms with E-state index in [9.17, 15) is 0 Å². The SMILES string of the molecule is COc1ccc(C)cc1CN(C)Cn1nc(C)n(C)c1=S. The maximum Gasteiger partial charge on any atom is 0.198 e. The van der Waals surface area contributed by atoms with E-state index >= 15 is 0 Å². The maximum absolute atomic E-state index is 5.42. The minimum Gasteiger partial charge on any atom is -0.496 e. The fourth-order valence-electron chi connectivity index (χ4n) is 2.29. The van der Waals surface area contributed by atoms with Crippen molar-refractivity contribution >= 4 is 12.2 Å². The molecule has 0 saturated carbocycles. The standard InChI is InChI=1S/C15H22N4OS/c1-11-6-7-14(20-5)13(8-11)9-17(3)10-19-15(21)18(4)12(2)16-19/h6-8H,9-10H2,1-5H3. The fraction of sp³-hybridized carbons (Fsp3) is 0.467. The largest absolute Gasteiger partial charge is 0.496 e. The normalized spacial score (nSPS) is 11.1. The molecule has 6 heteroatoms. The van der Waals surface area contributed by atoms with Gasteiger partial charge in [-0.3, -0.25) is 4.90 Å². The average Bonchev–Trinajstić information content (AvgIpc) is 2.66. The number of nitrogens with zero attached hydrogens (tertiary/aromatic N) is 4. The Morgan fingerprint density at radius 1 is 1.33 bits per heavy atom. The van der Waals surface area contributed by atoms with E-state index in [1.807, 2.05) is 36.3 Å². The smallest absolute Gasteiger partial charge is 0.198 e. The molecule has 114 valence electrons. The number of ether oxygens (including phenoxy) is 1. The number of aromatic nitrogens is 3. The third kappa shape index (κ3) is 3.51. The number of hydrogen-bond acceptors (Lipinski definition) is 4. The summed E-state index contributed by atoms with van der Waals surface area (Å²) in [6.07, 6.45) is 0. The molecule has 5 nitrogen and oxygen atoms in total. The van der Waals surface area contributed by atoms with Gasteiger partial charge in [0.15, 0.2) is 4.77 Å². The van der Waals surface area contributed by atoms with Crippen molar-refractivity contribution in [3.63, 3.8) is 0 Å². The first kappa shape index (κ1) is 15.7. The summed E-state index contributed by atoms with van der Waals surface area (Å²) < 4.78 is 9.91. The monoisotopic (exact) mass is 306 g/mol. The van der Waals surface area contributed by atoms with Gasteiger partial charge in [-0.2, -0.15) is 5.10 Å². The van der Waals surface area contributed by atoms with Crippen molar-refractivity contribution in [1.29, 1.82) is 0 Å². The fourth-order valence-corrected chi connectivity index (χ4v) is 2.52. The molecule has 0 aliphatic carbocycles. The van der Waals surface area contributed by atoms with E-state index in [0.717, 1.165) is 22.9 Å². The molecule has 0 amide bonds. The van der Waals surface area contributed by atoms with Gasteiger partial charge < -0.3 is 9.30 Å². The molecule has 1 aromatic heterocycles. The Balaban J connectivity index is 2.15. The van der Waals surface area contributed by atoms with Crippen molar-refractivity contribution in [3.8, 4) is 5.75 Å².